The summed E-state index contributed by atoms with van der Waals surface area (Å²) in [5.41, 5.74) is 2.18. The SMILES string of the molecule is CC(OC(=O)C(C)C(C)c1ccccc1)c1ccccc1. The van der Waals surface area contributed by atoms with Gasteiger partial charge in [0.2, 0.25) is 0 Å². The number of hydrogen-bond donors (Lipinski definition) is 0. The van der Waals surface area contributed by atoms with E-state index in [2.05, 4.69) is 19.1 Å². The van der Waals surface area contributed by atoms with Gasteiger partial charge in [-0.3, -0.25) is 4.79 Å². The number of esters is 1. The van der Waals surface area contributed by atoms with E-state index >= 15 is 0 Å². The molecule has 3 unspecified atom stereocenters. The Labute approximate surface area is 126 Å². The van der Waals surface area contributed by atoms with Gasteiger partial charge in [-0.25, -0.2) is 0 Å². The number of rotatable bonds is 5. The van der Waals surface area contributed by atoms with Crippen molar-refractivity contribution < 1.29 is 9.53 Å². The Morgan fingerprint density at radius 3 is 1.81 bits per heavy atom. The first kappa shape index (κ1) is 15.3. The summed E-state index contributed by atoms with van der Waals surface area (Å²) in [5.74, 6) is -0.178. The number of benzene rings is 2. The van der Waals surface area contributed by atoms with Crippen LogP contribution in [0.15, 0.2) is 60.7 Å². The molecule has 2 aromatic rings. The first-order valence-electron chi connectivity index (χ1n) is 7.40. The van der Waals surface area contributed by atoms with Gasteiger partial charge in [0.15, 0.2) is 0 Å². The molecule has 0 aliphatic rings. The third kappa shape index (κ3) is 3.94. The molecular formula is C19H22O2. The summed E-state index contributed by atoms with van der Waals surface area (Å²) in [7, 11) is 0. The second kappa shape index (κ2) is 7.07. The average molecular weight is 282 g/mol. The highest BCUT2D eigenvalue weighted by molar-refractivity contribution is 5.73. The zero-order chi connectivity index (χ0) is 15.2. The van der Waals surface area contributed by atoms with Crippen LogP contribution in [-0.2, 0) is 9.53 Å². The maximum atomic E-state index is 12.3. The van der Waals surface area contributed by atoms with Crippen molar-refractivity contribution in [1.29, 1.82) is 0 Å². The molecule has 0 saturated heterocycles. The molecule has 0 bridgehead atoms. The molecule has 2 heteroatoms. The highest BCUT2D eigenvalue weighted by atomic mass is 16.5. The fourth-order valence-electron chi connectivity index (χ4n) is 2.32. The number of hydrogen-bond acceptors (Lipinski definition) is 2. The minimum Gasteiger partial charge on any atom is -0.458 e. The molecule has 2 aromatic carbocycles. The maximum Gasteiger partial charge on any atom is 0.309 e. The monoisotopic (exact) mass is 282 g/mol. The van der Waals surface area contributed by atoms with Gasteiger partial charge >= 0.3 is 5.97 Å². The predicted octanol–water partition coefficient (Wildman–Crippen LogP) is 4.73. The van der Waals surface area contributed by atoms with E-state index in [4.69, 9.17) is 4.74 Å². The fraction of sp³-hybridized carbons (Fsp3) is 0.316. The smallest absolute Gasteiger partial charge is 0.309 e. The van der Waals surface area contributed by atoms with E-state index in [-0.39, 0.29) is 23.9 Å². The molecule has 0 N–H and O–H groups in total. The topological polar surface area (TPSA) is 26.3 Å². The summed E-state index contributed by atoms with van der Waals surface area (Å²) in [6.07, 6.45) is -0.218. The molecule has 0 spiro atoms. The zero-order valence-electron chi connectivity index (χ0n) is 12.8. The van der Waals surface area contributed by atoms with Crippen LogP contribution in [0, 0.1) is 5.92 Å². The van der Waals surface area contributed by atoms with Gasteiger partial charge in [0, 0.05) is 0 Å². The molecule has 21 heavy (non-hydrogen) atoms. The second-order valence-electron chi connectivity index (χ2n) is 5.48. The van der Waals surface area contributed by atoms with E-state index < -0.39 is 0 Å². The van der Waals surface area contributed by atoms with Gasteiger partial charge in [-0.15, -0.1) is 0 Å². The Hall–Kier alpha value is -2.09. The molecule has 3 atom stereocenters. The molecule has 0 heterocycles. The van der Waals surface area contributed by atoms with Crippen LogP contribution in [0.25, 0.3) is 0 Å². The van der Waals surface area contributed by atoms with Gasteiger partial charge in [0.25, 0.3) is 0 Å². The molecule has 0 saturated carbocycles. The van der Waals surface area contributed by atoms with Gasteiger partial charge in [-0.2, -0.15) is 0 Å². The molecule has 2 rings (SSSR count). The van der Waals surface area contributed by atoms with E-state index in [0.29, 0.717) is 0 Å². The van der Waals surface area contributed by atoms with Crippen LogP contribution in [0.1, 0.15) is 43.9 Å². The summed E-state index contributed by atoms with van der Waals surface area (Å²) >= 11 is 0. The normalized spacial score (nSPS) is 15.0. The number of carbonyl (C=O) groups is 1. The molecule has 0 fully saturated rings. The largest absolute Gasteiger partial charge is 0.458 e. The number of ether oxygens (including phenoxy) is 1. The van der Waals surface area contributed by atoms with Crippen molar-refractivity contribution in [3.63, 3.8) is 0 Å². The zero-order valence-corrected chi connectivity index (χ0v) is 12.8. The van der Waals surface area contributed by atoms with Crippen LogP contribution in [0.2, 0.25) is 0 Å². The molecule has 110 valence electrons. The van der Waals surface area contributed by atoms with E-state index in [0.717, 1.165) is 11.1 Å². The van der Waals surface area contributed by atoms with Crippen LogP contribution in [-0.4, -0.2) is 5.97 Å². The first-order chi connectivity index (χ1) is 10.1. The van der Waals surface area contributed by atoms with Gasteiger partial charge in [0.05, 0.1) is 5.92 Å². The maximum absolute atomic E-state index is 12.3. The highest BCUT2D eigenvalue weighted by Crippen LogP contribution is 2.27. The van der Waals surface area contributed by atoms with Crippen LogP contribution in [0.5, 0.6) is 0 Å². The fourth-order valence-corrected chi connectivity index (χ4v) is 2.32. The van der Waals surface area contributed by atoms with Crippen LogP contribution < -0.4 is 0 Å². The van der Waals surface area contributed by atoms with Gasteiger partial charge in [-0.05, 0) is 24.0 Å². The van der Waals surface area contributed by atoms with Crippen molar-refractivity contribution >= 4 is 5.97 Å². The van der Waals surface area contributed by atoms with Crippen molar-refractivity contribution in [2.24, 2.45) is 5.92 Å². The third-order valence-corrected chi connectivity index (χ3v) is 4.01. The predicted molar refractivity (Wildman–Crippen MR) is 85.0 cm³/mol. The Bertz CT molecular complexity index is 563. The molecular weight excluding hydrogens is 260 g/mol. The van der Waals surface area contributed by atoms with Crippen molar-refractivity contribution in [3.05, 3.63) is 71.8 Å². The van der Waals surface area contributed by atoms with Crippen molar-refractivity contribution in [1.82, 2.24) is 0 Å². The summed E-state index contributed by atoms with van der Waals surface area (Å²) in [6.45, 7) is 5.90. The summed E-state index contributed by atoms with van der Waals surface area (Å²) in [4.78, 5) is 12.3. The van der Waals surface area contributed by atoms with E-state index in [1.807, 2.05) is 62.4 Å². The summed E-state index contributed by atoms with van der Waals surface area (Å²) in [6, 6.07) is 19.9. The Morgan fingerprint density at radius 2 is 1.29 bits per heavy atom. The third-order valence-electron chi connectivity index (χ3n) is 4.01. The first-order valence-corrected chi connectivity index (χ1v) is 7.40. The van der Waals surface area contributed by atoms with Crippen LogP contribution in [0.3, 0.4) is 0 Å². The lowest BCUT2D eigenvalue weighted by Gasteiger charge is -2.22. The molecule has 0 aromatic heterocycles. The van der Waals surface area contributed by atoms with Crippen LogP contribution >= 0.6 is 0 Å². The second-order valence-corrected chi connectivity index (χ2v) is 5.48. The van der Waals surface area contributed by atoms with E-state index in [9.17, 15) is 4.79 Å². The minimum absolute atomic E-state index is 0.140. The van der Waals surface area contributed by atoms with Crippen molar-refractivity contribution in [2.45, 2.75) is 32.8 Å². The summed E-state index contributed by atoms with van der Waals surface area (Å²) < 4.78 is 5.60. The molecule has 0 aliphatic heterocycles. The lowest BCUT2D eigenvalue weighted by atomic mass is 9.89. The van der Waals surface area contributed by atoms with E-state index in [1.54, 1.807) is 0 Å². The standard InChI is InChI=1S/C19H22O2/c1-14(17-10-6-4-7-11-17)15(2)19(20)21-16(3)18-12-8-5-9-13-18/h4-16H,1-3H3. The Morgan fingerprint density at radius 1 is 0.810 bits per heavy atom. The van der Waals surface area contributed by atoms with Gasteiger partial charge < -0.3 is 4.74 Å². The van der Waals surface area contributed by atoms with Crippen molar-refractivity contribution in [3.8, 4) is 0 Å². The van der Waals surface area contributed by atoms with Crippen LogP contribution in [0.4, 0.5) is 0 Å². The number of carbonyl (C=O) groups excluding carboxylic acids is 1. The van der Waals surface area contributed by atoms with Crippen molar-refractivity contribution in [2.75, 3.05) is 0 Å². The summed E-state index contributed by atoms with van der Waals surface area (Å²) in [5, 5.41) is 0. The highest BCUT2D eigenvalue weighted by Gasteiger charge is 2.24. The van der Waals surface area contributed by atoms with Gasteiger partial charge in [-0.1, -0.05) is 74.5 Å². The Balaban J connectivity index is 2.00. The molecule has 0 radical (unpaired) electrons. The lowest BCUT2D eigenvalue weighted by molar-refractivity contribution is -0.153. The lowest BCUT2D eigenvalue weighted by Crippen LogP contribution is -2.21. The quantitative estimate of drug-likeness (QED) is 0.741. The van der Waals surface area contributed by atoms with Gasteiger partial charge in [0.1, 0.15) is 6.10 Å². The minimum atomic E-state index is -0.218. The Kier molecular flexibility index (Phi) is 5.15. The molecule has 2 nitrogen and oxygen atoms in total. The average Bonchev–Trinajstić information content (AvgIpc) is 2.55. The molecule has 0 amide bonds. The molecule has 0 aliphatic carbocycles. The van der Waals surface area contributed by atoms with E-state index in [1.165, 1.54) is 0 Å².